The second-order valence-electron chi connectivity index (χ2n) is 7.40. The van der Waals surface area contributed by atoms with E-state index in [2.05, 4.69) is 24.1 Å². The van der Waals surface area contributed by atoms with Gasteiger partial charge < -0.3 is 14.5 Å². The molecule has 0 unspecified atom stereocenters. The van der Waals surface area contributed by atoms with Gasteiger partial charge in [-0.05, 0) is 36.9 Å². The van der Waals surface area contributed by atoms with Gasteiger partial charge in [0.1, 0.15) is 11.4 Å². The van der Waals surface area contributed by atoms with E-state index >= 15 is 0 Å². The van der Waals surface area contributed by atoms with E-state index in [1.165, 1.54) is 0 Å². The summed E-state index contributed by atoms with van der Waals surface area (Å²) in [5.41, 5.74) is 3.42. The van der Waals surface area contributed by atoms with Crippen LogP contribution >= 0.6 is 0 Å². The number of hydrogen-bond donors (Lipinski definition) is 0. The average Bonchev–Trinajstić information content (AvgIpc) is 3.18. The molecular weight excluding hydrogens is 364 g/mol. The maximum absolute atomic E-state index is 13.3. The fourth-order valence-electron chi connectivity index (χ4n) is 3.57. The van der Waals surface area contributed by atoms with Gasteiger partial charge in [-0.3, -0.25) is 9.48 Å². The molecular formula is C23H26N4O2. The van der Waals surface area contributed by atoms with Crippen molar-refractivity contribution < 1.29 is 9.53 Å². The normalized spacial score (nSPS) is 14.8. The molecule has 0 bridgehead atoms. The topological polar surface area (TPSA) is 50.6 Å². The number of ether oxygens (including phenoxy) is 1. The van der Waals surface area contributed by atoms with E-state index in [4.69, 9.17) is 9.84 Å². The first kappa shape index (κ1) is 19.2. The molecule has 0 atom stereocenters. The zero-order chi connectivity index (χ0) is 20.2. The number of piperazine rings is 1. The molecule has 3 aromatic rings. The minimum absolute atomic E-state index is 0.0447. The number of carbonyl (C=O) groups excluding carboxylic acids is 1. The Labute approximate surface area is 171 Å². The lowest BCUT2D eigenvalue weighted by Crippen LogP contribution is -2.47. The molecule has 1 aromatic heterocycles. The van der Waals surface area contributed by atoms with Crippen molar-refractivity contribution in [3.63, 3.8) is 0 Å². The molecule has 4 rings (SSSR count). The van der Waals surface area contributed by atoms with Crippen LogP contribution in [0.1, 0.15) is 15.9 Å². The number of rotatable bonds is 5. The van der Waals surface area contributed by atoms with E-state index < -0.39 is 0 Å². The molecule has 1 aliphatic heterocycles. The number of nitrogens with zero attached hydrogens (tertiary/aromatic N) is 4. The van der Waals surface area contributed by atoms with Crippen LogP contribution in [0.3, 0.4) is 0 Å². The summed E-state index contributed by atoms with van der Waals surface area (Å²) in [7, 11) is 3.73. The molecule has 1 aliphatic rings. The van der Waals surface area contributed by atoms with Crippen molar-refractivity contribution in [1.82, 2.24) is 19.6 Å². The maximum atomic E-state index is 13.3. The van der Waals surface area contributed by atoms with Crippen LogP contribution in [-0.2, 0) is 6.54 Å². The van der Waals surface area contributed by atoms with E-state index in [9.17, 15) is 4.79 Å². The molecule has 0 spiro atoms. The molecule has 29 heavy (non-hydrogen) atoms. The second-order valence-corrected chi connectivity index (χ2v) is 7.40. The number of amides is 1. The summed E-state index contributed by atoms with van der Waals surface area (Å²) < 4.78 is 7.13. The van der Waals surface area contributed by atoms with Crippen molar-refractivity contribution in [2.75, 3.05) is 40.3 Å². The van der Waals surface area contributed by atoms with Crippen LogP contribution in [0, 0.1) is 0 Å². The Hall–Kier alpha value is -3.12. The van der Waals surface area contributed by atoms with Gasteiger partial charge in [0.15, 0.2) is 0 Å². The van der Waals surface area contributed by atoms with Gasteiger partial charge in [0.25, 0.3) is 5.91 Å². The summed E-state index contributed by atoms with van der Waals surface area (Å²) in [6.45, 7) is 3.88. The Morgan fingerprint density at radius 3 is 2.34 bits per heavy atom. The highest BCUT2D eigenvalue weighted by Crippen LogP contribution is 2.26. The van der Waals surface area contributed by atoms with Crippen molar-refractivity contribution in [2.24, 2.45) is 0 Å². The number of carbonyl (C=O) groups is 1. The van der Waals surface area contributed by atoms with E-state index in [0.717, 1.165) is 43.1 Å². The molecule has 0 aliphatic carbocycles. The molecule has 1 fully saturated rings. The van der Waals surface area contributed by atoms with Gasteiger partial charge in [-0.15, -0.1) is 0 Å². The predicted octanol–water partition coefficient (Wildman–Crippen LogP) is 2.99. The molecule has 2 aromatic carbocycles. The lowest BCUT2D eigenvalue weighted by atomic mass is 10.1. The monoisotopic (exact) mass is 390 g/mol. The van der Waals surface area contributed by atoms with Gasteiger partial charge in [-0.1, -0.05) is 30.3 Å². The highest BCUT2D eigenvalue weighted by molar-refractivity contribution is 6.00. The summed E-state index contributed by atoms with van der Waals surface area (Å²) in [6.07, 6.45) is 1.88. The van der Waals surface area contributed by atoms with Gasteiger partial charge in [-0.2, -0.15) is 5.10 Å². The van der Waals surface area contributed by atoms with Crippen LogP contribution in [0.4, 0.5) is 0 Å². The number of aromatic nitrogens is 2. The molecule has 2 heterocycles. The third-order valence-electron chi connectivity index (χ3n) is 5.33. The summed E-state index contributed by atoms with van der Waals surface area (Å²) in [6, 6.07) is 17.9. The summed E-state index contributed by atoms with van der Waals surface area (Å²) in [4.78, 5) is 17.5. The zero-order valence-corrected chi connectivity index (χ0v) is 16.9. The second kappa shape index (κ2) is 8.49. The van der Waals surface area contributed by atoms with Crippen LogP contribution in [0.25, 0.3) is 11.3 Å². The SMILES string of the molecule is COc1ccc(-c2nn(Cc3ccccc3)cc2C(=O)N2CCN(C)CC2)cc1. The Balaban J connectivity index is 1.67. The Morgan fingerprint density at radius 1 is 1.00 bits per heavy atom. The first-order valence-corrected chi connectivity index (χ1v) is 9.87. The highest BCUT2D eigenvalue weighted by atomic mass is 16.5. The third kappa shape index (κ3) is 4.32. The fourth-order valence-corrected chi connectivity index (χ4v) is 3.57. The number of benzene rings is 2. The van der Waals surface area contributed by atoms with Crippen molar-refractivity contribution in [3.05, 3.63) is 71.9 Å². The lowest BCUT2D eigenvalue weighted by Gasteiger charge is -2.32. The Morgan fingerprint density at radius 2 is 1.69 bits per heavy atom. The van der Waals surface area contributed by atoms with E-state index in [1.54, 1.807) is 7.11 Å². The van der Waals surface area contributed by atoms with Gasteiger partial charge in [0, 0.05) is 37.9 Å². The van der Waals surface area contributed by atoms with Crippen molar-refractivity contribution >= 4 is 5.91 Å². The van der Waals surface area contributed by atoms with Crippen LogP contribution in [0.5, 0.6) is 5.75 Å². The molecule has 0 radical (unpaired) electrons. The first-order valence-electron chi connectivity index (χ1n) is 9.87. The van der Waals surface area contributed by atoms with E-state index in [1.807, 2.05) is 58.2 Å². The molecule has 6 nitrogen and oxygen atoms in total. The quantitative estimate of drug-likeness (QED) is 0.672. The predicted molar refractivity (Wildman–Crippen MR) is 113 cm³/mol. The van der Waals surface area contributed by atoms with Crippen molar-refractivity contribution in [3.8, 4) is 17.0 Å². The largest absolute Gasteiger partial charge is 0.497 e. The third-order valence-corrected chi connectivity index (χ3v) is 5.33. The molecule has 0 N–H and O–H groups in total. The zero-order valence-electron chi connectivity index (χ0n) is 16.9. The number of hydrogen-bond acceptors (Lipinski definition) is 4. The van der Waals surface area contributed by atoms with E-state index in [0.29, 0.717) is 17.8 Å². The smallest absolute Gasteiger partial charge is 0.257 e. The van der Waals surface area contributed by atoms with Gasteiger partial charge >= 0.3 is 0 Å². The standard InChI is InChI=1S/C23H26N4O2/c1-25-12-14-26(15-13-25)23(28)21-17-27(16-18-6-4-3-5-7-18)24-22(21)19-8-10-20(29-2)11-9-19/h3-11,17H,12-16H2,1-2H3. The lowest BCUT2D eigenvalue weighted by molar-refractivity contribution is 0.0665. The van der Waals surface area contributed by atoms with Crippen LogP contribution < -0.4 is 4.74 Å². The van der Waals surface area contributed by atoms with Gasteiger partial charge in [-0.25, -0.2) is 0 Å². The number of methoxy groups -OCH3 is 1. The molecule has 0 saturated carbocycles. The molecule has 1 amide bonds. The van der Waals surface area contributed by atoms with Crippen LogP contribution in [0.2, 0.25) is 0 Å². The molecule has 6 heteroatoms. The average molecular weight is 390 g/mol. The van der Waals surface area contributed by atoms with Crippen LogP contribution in [-0.4, -0.2) is 65.8 Å². The maximum Gasteiger partial charge on any atom is 0.257 e. The van der Waals surface area contributed by atoms with Gasteiger partial charge in [0.05, 0.1) is 19.2 Å². The minimum atomic E-state index is 0.0447. The van der Waals surface area contributed by atoms with Crippen molar-refractivity contribution in [1.29, 1.82) is 0 Å². The van der Waals surface area contributed by atoms with Crippen LogP contribution in [0.15, 0.2) is 60.8 Å². The Bertz CT molecular complexity index is 958. The number of likely N-dealkylation sites (N-methyl/N-ethyl adjacent to an activating group) is 1. The molecule has 1 saturated heterocycles. The first-order chi connectivity index (χ1) is 14.1. The van der Waals surface area contributed by atoms with Crippen molar-refractivity contribution in [2.45, 2.75) is 6.54 Å². The fraction of sp³-hybridized carbons (Fsp3) is 0.304. The highest BCUT2D eigenvalue weighted by Gasteiger charge is 2.25. The summed E-state index contributed by atoms with van der Waals surface area (Å²) in [5.74, 6) is 0.827. The summed E-state index contributed by atoms with van der Waals surface area (Å²) in [5, 5.41) is 4.78. The minimum Gasteiger partial charge on any atom is -0.497 e. The van der Waals surface area contributed by atoms with E-state index in [-0.39, 0.29) is 5.91 Å². The van der Waals surface area contributed by atoms with Gasteiger partial charge in [0.2, 0.25) is 0 Å². The summed E-state index contributed by atoms with van der Waals surface area (Å²) >= 11 is 0. The Kier molecular flexibility index (Phi) is 5.62. The molecule has 150 valence electrons.